The Morgan fingerprint density at radius 3 is 2.23 bits per heavy atom. The molecule has 1 heterocycles. The Balaban J connectivity index is 1.82. The molecule has 3 rings (SSSR count). The van der Waals surface area contributed by atoms with Crippen molar-refractivity contribution in [1.82, 2.24) is 4.98 Å². The zero-order chi connectivity index (χ0) is 15.4. The summed E-state index contributed by atoms with van der Waals surface area (Å²) in [7, 11) is 0. The number of aromatic amines is 1. The lowest BCUT2D eigenvalue weighted by atomic mass is 10.0. The number of hydrogen-bond acceptors (Lipinski definition) is 3. The monoisotopic (exact) mass is 291 g/mol. The van der Waals surface area contributed by atoms with Gasteiger partial charge in [0.2, 0.25) is 11.7 Å². The van der Waals surface area contributed by atoms with E-state index in [-0.39, 0.29) is 11.7 Å². The first-order valence-corrected chi connectivity index (χ1v) is 6.77. The second-order valence-corrected chi connectivity index (χ2v) is 4.72. The van der Waals surface area contributed by atoms with E-state index in [0.29, 0.717) is 17.7 Å². The summed E-state index contributed by atoms with van der Waals surface area (Å²) in [5, 5.41) is 0. The number of H-pyrrole nitrogens is 1. The third-order valence-corrected chi connectivity index (χ3v) is 3.33. The zero-order valence-electron chi connectivity index (χ0n) is 11.7. The molecule has 0 aliphatic heterocycles. The van der Waals surface area contributed by atoms with Crippen LogP contribution >= 0.6 is 0 Å². The molecule has 0 aliphatic carbocycles. The van der Waals surface area contributed by atoms with Crippen LogP contribution in [0.3, 0.4) is 0 Å². The lowest BCUT2D eigenvalue weighted by molar-refractivity contribution is -0.120. The highest BCUT2D eigenvalue weighted by molar-refractivity contribution is 6.08. The minimum absolute atomic E-state index is 0.152. The van der Waals surface area contributed by atoms with Crippen molar-refractivity contribution in [2.45, 2.75) is 0 Å². The van der Waals surface area contributed by atoms with E-state index in [4.69, 9.17) is 0 Å². The largest absolute Gasteiger partial charge is 0.412 e. The van der Waals surface area contributed by atoms with Gasteiger partial charge < -0.3 is 9.72 Å². The first kappa shape index (κ1) is 13.8. The number of benzene rings is 2. The van der Waals surface area contributed by atoms with Gasteiger partial charge >= 0.3 is 0 Å². The topological polar surface area (TPSA) is 59.2 Å². The maximum atomic E-state index is 12.3. The van der Waals surface area contributed by atoms with Crippen LogP contribution in [-0.4, -0.2) is 17.2 Å². The summed E-state index contributed by atoms with van der Waals surface area (Å²) < 4.78 is 4.66. The molecule has 0 bridgehead atoms. The quantitative estimate of drug-likeness (QED) is 0.578. The Hall–Kier alpha value is -3.14. The van der Waals surface area contributed by atoms with Crippen molar-refractivity contribution in [3.8, 4) is 17.0 Å². The minimum Gasteiger partial charge on any atom is -0.412 e. The van der Waals surface area contributed by atoms with Gasteiger partial charge in [0.15, 0.2) is 0 Å². The average Bonchev–Trinajstić information content (AvgIpc) is 3.04. The molecule has 108 valence electrons. The van der Waals surface area contributed by atoms with Gasteiger partial charge in [0, 0.05) is 11.6 Å². The number of carbonyl (C=O) groups excluding carboxylic acids is 2. The molecule has 22 heavy (non-hydrogen) atoms. The Labute approximate surface area is 127 Å². The van der Waals surface area contributed by atoms with Gasteiger partial charge in [-0.2, -0.15) is 0 Å². The van der Waals surface area contributed by atoms with E-state index in [1.807, 2.05) is 42.5 Å². The van der Waals surface area contributed by atoms with Crippen LogP contribution in [0.4, 0.5) is 0 Å². The van der Waals surface area contributed by atoms with Gasteiger partial charge in [-0.25, -0.2) is 0 Å². The van der Waals surface area contributed by atoms with E-state index in [1.54, 1.807) is 24.3 Å². The minimum atomic E-state index is -0.152. The van der Waals surface area contributed by atoms with Gasteiger partial charge in [-0.15, -0.1) is 0 Å². The Kier molecular flexibility index (Phi) is 3.83. The first-order valence-electron chi connectivity index (χ1n) is 6.77. The molecular formula is C18H13NO3. The number of hydrogen-bond donors (Lipinski definition) is 1. The molecule has 0 spiro atoms. The zero-order valence-corrected chi connectivity index (χ0v) is 11.7. The number of ether oxygens (including phenoxy) is 1. The Bertz CT molecular complexity index is 789. The molecule has 0 amide bonds. The van der Waals surface area contributed by atoms with Crippen LogP contribution in [0.2, 0.25) is 0 Å². The predicted molar refractivity (Wildman–Crippen MR) is 82.8 cm³/mol. The summed E-state index contributed by atoms with van der Waals surface area (Å²) in [4.78, 5) is 25.4. The molecule has 2 aromatic carbocycles. The third kappa shape index (κ3) is 2.81. The highest BCUT2D eigenvalue weighted by atomic mass is 16.5. The molecule has 1 aromatic heterocycles. The summed E-state index contributed by atoms with van der Waals surface area (Å²) in [5.74, 6) is 0.0969. The van der Waals surface area contributed by atoms with E-state index in [2.05, 4.69) is 9.72 Å². The van der Waals surface area contributed by atoms with Crippen LogP contribution in [0.25, 0.3) is 11.1 Å². The third-order valence-electron chi connectivity index (χ3n) is 3.33. The van der Waals surface area contributed by atoms with Gasteiger partial charge in [-0.1, -0.05) is 54.6 Å². The highest BCUT2D eigenvalue weighted by Gasteiger charge is 2.12. The van der Waals surface area contributed by atoms with E-state index >= 15 is 0 Å². The molecule has 4 nitrogen and oxygen atoms in total. The second kappa shape index (κ2) is 6.10. The summed E-state index contributed by atoms with van der Waals surface area (Å²) >= 11 is 0. The van der Waals surface area contributed by atoms with Crippen LogP contribution in [0, 0.1) is 0 Å². The Morgan fingerprint density at radius 2 is 1.55 bits per heavy atom. The van der Waals surface area contributed by atoms with Gasteiger partial charge in [0.05, 0.1) is 5.69 Å². The average molecular weight is 291 g/mol. The smallest absolute Gasteiger partial charge is 0.299 e. The number of ketones is 1. The van der Waals surface area contributed by atoms with E-state index < -0.39 is 0 Å². The maximum Gasteiger partial charge on any atom is 0.299 e. The fourth-order valence-electron chi connectivity index (χ4n) is 2.23. The molecule has 0 atom stereocenters. The molecule has 1 N–H and O–H groups in total. The summed E-state index contributed by atoms with van der Waals surface area (Å²) in [5.41, 5.74) is 3.10. The number of aromatic nitrogens is 1. The van der Waals surface area contributed by atoms with Gasteiger partial charge in [0.1, 0.15) is 0 Å². The lowest BCUT2D eigenvalue weighted by Gasteiger charge is -2.03. The molecule has 0 fully saturated rings. The van der Waals surface area contributed by atoms with Gasteiger partial charge in [-0.3, -0.25) is 9.59 Å². The predicted octanol–water partition coefficient (Wildman–Crippen LogP) is 3.45. The summed E-state index contributed by atoms with van der Waals surface area (Å²) in [6.45, 7) is 0.314. The van der Waals surface area contributed by atoms with E-state index in [9.17, 15) is 9.59 Å². The van der Waals surface area contributed by atoms with Crippen molar-refractivity contribution in [2.75, 3.05) is 0 Å². The Morgan fingerprint density at radius 1 is 0.864 bits per heavy atom. The number of rotatable bonds is 5. The summed E-state index contributed by atoms with van der Waals surface area (Å²) in [6.07, 6.45) is 0. The van der Waals surface area contributed by atoms with Crippen molar-refractivity contribution in [3.63, 3.8) is 0 Å². The number of carbonyl (C=O) groups is 2. The SMILES string of the molecule is O=COc1ccc(C(=O)c2ccc(-c3ccccc3)cc2)[nH]1. The second-order valence-electron chi connectivity index (χ2n) is 4.72. The van der Waals surface area contributed by atoms with Crippen molar-refractivity contribution in [3.05, 3.63) is 78.0 Å². The standard InChI is InChI=1S/C18H13NO3/c20-12-22-17-11-10-16(19-17)18(21)15-8-6-14(7-9-15)13-4-2-1-3-5-13/h1-12,19H. The van der Waals surface area contributed by atoms with Gasteiger partial charge in [0.25, 0.3) is 6.47 Å². The lowest BCUT2D eigenvalue weighted by Crippen LogP contribution is -2.01. The normalized spacial score (nSPS) is 10.2. The van der Waals surface area contributed by atoms with Crippen molar-refractivity contribution < 1.29 is 14.3 Å². The fraction of sp³-hybridized carbons (Fsp3) is 0. The molecule has 3 aromatic rings. The van der Waals surface area contributed by atoms with E-state index in [1.165, 1.54) is 0 Å². The van der Waals surface area contributed by atoms with E-state index in [0.717, 1.165) is 11.1 Å². The molecule has 0 radical (unpaired) electrons. The highest BCUT2D eigenvalue weighted by Crippen LogP contribution is 2.21. The first-order chi connectivity index (χ1) is 10.8. The molecule has 0 unspecified atom stereocenters. The van der Waals surface area contributed by atoms with Crippen LogP contribution < -0.4 is 4.74 Å². The molecule has 0 saturated heterocycles. The molecule has 0 saturated carbocycles. The number of nitrogens with one attached hydrogen (secondary N) is 1. The molecular weight excluding hydrogens is 278 g/mol. The molecule has 4 heteroatoms. The maximum absolute atomic E-state index is 12.3. The van der Waals surface area contributed by atoms with Crippen LogP contribution in [0.1, 0.15) is 16.1 Å². The summed E-state index contributed by atoms with van der Waals surface area (Å²) in [6, 6.07) is 20.5. The van der Waals surface area contributed by atoms with Crippen LogP contribution in [0.5, 0.6) is 5.88 Å². The van der Waals surface area contributed by atoms with Gasteiger partial charge in [-0.05, 0) is 17.2 Å². The van der Waals surface area contributed by atoms with Crippen LogP contribution in [-0.2, 0) is 4.79 Å². The van der Waals surface area contributed by atoms with Crippen molar-refractivity contribution >= 4 is 12.3 Å². The fourth-order valence-corrected chi connectivity index (χ4v) is 2.23. The van der Waals surface area contributed by atoms with Crippen molar-refractivity contribution in [1.29, 1.82) is 0 Å². The molecule has 0 aliphatic rings. The van der Waals surface area contributed by atoms with Crippen LogP contribution in [0.15, 0.2) is 66.7 Å². The van der Waals surface area contributed by atoms with Crippen molar-refractivity contribution in [2.24, 2.45) is 0 Å².